The highest BCUT2D eigenvalue weighted by molar-refractivity contribution is 4.93. The van der Waals surface area contributed by atoms with Crippen molar-refractivity contribution in [3.8, 4) is 0 Å². The Balaban J connectivity index is -0.000000397. The molecule has 0 bridgehead atoms. The fourth-order valence-electron chi connectivity index (χ4n) is 2.61. The monoisotopic (exact) mass is 460 g/mol. The van der Waals surface area contributed by atoms with Crippen LogP contribution in [0.2, 0.25) is 0 Å². The summed E-state index contributed by atoms with van der Waals surface area (Å²) in [6.07, 6.45) is 16.1. The van der Waals surface area contributed by atoms with Crippen molar-refractivity contribution in [2.75, 3.05) is 0 Å². The number of hydrogen-bond donors (Lipinski definition) is 6. The summed E-state index contributed by atoms with van der Waals surface area (Å²) in [6, 6.07) is 0. The van der Waals surface area contributed by atoms with Crippen LogP contribution in [0.4, 0.5) is 0 Å². The average Bonchev–Trinajstić information content (AvgIpc) is 2.72. The SMILES string of the molecule is CC(=CO)CC(O)CCC(C)C.CC(O)CCCCC=CO.CC(O)CCCCC=CO. The fourth-order valence-corrected chi connectivity index (χ4v) is 2.61. The van der Waals surface area contributed by atoms with Gasteiger partial charge in [0.1, 0.15) is 0 Å². The van der Waals surface area contributed by atoms with Crippen molar-refractivity contribution in [1.82, 2.24) is 0 Å². The molecule has 6 N–H and O–H groups in total. The molecule has 3 atom stereocenters. The number of allylic oxidation sites excluding steroid dienone is 2. The smallest absolute Gasteiger partial charge is 0.0781 e. The minimum Gasteiger partial charge on any atom is -0.516 e. The van der Waals surface area contributed by atoms with Gasteiger partial charge in [-0.2, -0.15) is 0 Å². The molecule has 0 radical (unpaired) electrons. The van der Waals surface area contributed by atoms with Gasteiger partial charge >= 0.3 is 0 Å². The van der Waals surface area contributed by atoms with E-state index < -0.39 is 0 Å². The van der Waals surface area contributed by atoms with Crippen LogP contribution in [0.15, 0.2) is 36.5 Å². The van der Waals surface area contributed by atoms with Crippen LogP contribution in [0.25, 0.3) is 0 Å². The zero-order chi connectivity index (χ0) is 25.2. The van der Waals surface area contributed by atoms with Crippen molar-refractivity contribution >= 4 is 0 Å². The maximum atomic E-state index is 9.45. The van der Waals surface area contributed by atoms with E-state index in [9.17, 15) is 5.11 Å². The minimum atomic E-state index is -0.296. The quantitative estimate of drug-likeness (QED) is 0.120. The van der Waals surface area contributed by atoms with Crippen LogP contribution in [0.1, 0.15) is 105 Å². The molecule has 0 spiro atoms. The zero-order valence-corrected chi connectivity index (χ0v) is 21.2. The predicted octanol–water partition coefficient (Wildman–Crippen LogP) is 6.63. The molecule has 6 nitrogen and oxygen atoms in total. The minimum absolute atomic E-state index is 0.182. The van der Waals surface area contributed by atoms with Gasteiger partial charge in [0.15, 0.2) is 0 Å². The van der Waals surface area contributed by atoms with E-state index >= 15 is 0 Å². The van der Waals surface area contributed by atoms with Crippen LogP contribution in [-0.4, -0.2) is 49.0 Å². The molecule has 3 unspecified atom stereocenters. The zero-order valence-electron chi connectivity index (χ0n) is 21.2. The second-order valence-electron chi connectivity index (χ2n) is 8.84. The van der Waals surface area contributed by atoms with Crippen molar-refractivity contribution in [2.45, 2.75) is 124 Å². The highest BCUT2D eigenvalue weighted by Crippen LogP contribution is 2.12. The van der Waals surface area contributed by atoms with E-state index in [2.05, 4.69) is 13.8 Å². The van der Waals surface area contributed by atoms with E-state index in [0.717, 1.165) is 88.6 Å². The van der Waals surface area contributed by atoms with Crippen molar-refractivity contribution in [2.24, 2.45) is 5.92 Å². The molecule has 0 saturated heterocycles. The molecule has 0 aliphatic rings. The molecule has 0 aromatic rings. The average molecular weight is 461 g/mol. The molecule has 0 heterocycles. The maximum absolute atomic E-state index is 9.45. The van der Waals surface area contributed by atoms with Crippen molar-refractivity contribution < 1.29 is 30.6 Å². The van der Waals surface area contributed by atoms with Gasteiger partial charge in [0.05, 0.1) is 37.1 Å². The number of hydrogen-bond acceptors (Lipinski definition) is 6. The first-order chi connectivity index (χ1) is 15.1. The molecular weight excluding hydrogens is 408 g/mol. The number of rotatable bonds is 15. The lowest BCUT2D eigenvalue weighted by molar-refractivity contribution is 0.156. The first kappa shape index (κ1) is 35.1. The second-order valence-corrected chi connectivity index (χ2v) is 8.84. The van der Waals surface area contributed by atoms with Crippen LogP contribution < -0.4 is 0 Å². The summed E-state index contributed by atoms with van der Waals surface area (Å²) in [7, 11) is 0. The topological polar surface area (TPSA) is 121 Å². The molecule has 0 rings (SSSR count). The van der Waals surface area contributed by atoms with Gasteiger partial charge in [-0.3, -0.25) is 0 Å². The van der Waals surface area contributed by atoms with Crippen LogP contribution in [0.5, 0.6) is 0 Å². The molecule has 0 aliphatic heterocycles. The van der Waals surface area contributed by atoms with E-state index in [1.807, 2.05) is 6.92 Å². The third-order valence-electron chi connectivity index (χ3n) is 4.55. The van der Waals surface area contributed by atoms with E-state index in [1.54, 1.807) is 26.0 Å². The molecule has 6 heteroatoms. The van der Waals surface area contributed by atoms with Crippen LogP contribution in [0.3, 0.4) is 0 Å². The lowest BCUT2D eigenvalue weighted by Gasteiger charge is -2.11. The third-order valence-corrected chi connectivity index (χ3v) is 4.55. The van der Waals surface area contributed by atoms with Gasteiger partial charge in [-0.05, 0) is 90.0 Å². The summed E-state index contributed by atoms with van der Waals surface area (Å²) >= 11 is 0. The Hall–Kier alpha value is -1.50. The van der Waals surface area contributed by atoms with Crippen LogP contribution in [-0.2, 0) is 0 Å². The Morgan fingerprint density at radius 3 is 1.41 bits per heavy atom. The largest absolute Gasteiger partial charge is 0.516 e. The van der Waals surface area contributed by atoms with E-state index in [4.69, 9.17) is 25.5 Å². The van der Waals surface area contributed by atoms with Crippen molar-refractivity contribution in [1.29, 1.82) is 0 Å². The van der Waals surface area contributed by atoms with Gasteiger partial charge < -0.3 is 30.6 Å². The van der Waals surface area contributed by atoms with Gasteiger partial charge in [-0.1, -0.05) is 38.8 Å². The molecule has 0 fully saturated rings. The lowest BCUT2D eigenvalue weighted by atomic mass is 10.0. The summed E-state index contributed by atoms with van der Waals surface area (Å²) in [5.74, 6) is 0.637. The highest BCUT2D eigenvalue weighted by Gasteiger charge is 2.06. The molecular formula is C26H52O6. The van der Waals surface area contributed by atoms with Gasteiger partial charge in [0, 0.05) is 0 Å². The Morgan fingerprint density at radius 2 is 1.09 bits per heavy atom. The normalized spacial score (nSPS) is 14.6. The number of aliphatic hydroxyl groups excluding tert-OH is 6. The predicted molar refractivity (Wildman–Crippen MR) is 135 cm³/mol. The molecule has 0 aromatic carbocycles. The van der Waals surface area contributed by atoms with E-state index in [1.165, 1.54) is 0 Å². The molecule has 192 valence electrons. The maximum Gasteiger partial charge on any atom is 0.0781 e. The standard InChI is InChI=1S/C10H20O2.2C8H16O2/c1-8(2)4-5-10(12)6-9(3)7-11;2*1-8(10)6-4-2-3-5-7-9/h7-8,10-12H,4-6H2,1-3H3;2*5,7-10H,2-4,6H2,1H3. The van der Waals surface area contributed by atoms with Crippen molar-refractivity contribution in [3.05, 3.63) is 36.5 Å². The first-order valence-corrected chi connectivity index (χ1v) is 12.0. The van der Waals surface area contributed by atoms with Gasteiger partial charge in [0.25, 0.3) is 0 Å². The van der Waals surface area contributed by atoms with Crippen molar-refractivity contribution in [3.63, 3.8) is 0 Å². The summed E-state index contributed by atoms with van der Waals surface area (Å²) in [4.78, 5) is 0. The third kappa shape index (κ3) is 39.0. The van der Waals surface area contributed by atoms with E-state index in [-0.39, 0.29) is 18.3 Å². The van der Waals surface area contributed by atoms with Crippen LogP contribution in [0, 0.1) is 5.92 Å². The van der Waals surface area contributed by atoms with Gasteiger partial charge in [-0.25, -0.2) is 0 Å². The molecule has 0 amide bonds. The second kappa shape index (κ2) is 27.5. The number of unbranched alkanes of at least 4 members (excludes halogenated alkanes) is 4. The Morgan fingerprint density at radius 1 is 0.656 bits per heavy atom. The molecule has 32 heavy (non-hydrogen) atoms. The van der Waals surface area contributed by atoms with Gasteiger partial charge in [0.2, 0.25) is 0 Å². The summed E-state index contributed by atoms with van der Waals surface area (Å²) < 4.78 is 0. The molecule has 0 aliphatic carbocycles. The Bertz CT molecular complexity index is 418. The van der Waals surface area contributed by atoms with E-state index in [0.29, 0.717) is 12.3 Å². The van der Waals surface area contributed by atoms with Crippen LogP contribution >= 0.6 is 0 Å². The lowest BCUT2D eigenvalue weighted by Crippen LogP contribution is -2.08. The summed E-state index contributed by atoms with van der Waals surface area (Å²) in [6.45, 7) is 9.69. The summed E-state index contributed by atoms with van der Waals surface area (Å²) in [5.41, 5.74) is 0.839. The van der Waals surface area contributed by atoms with Gasteiger partial charge in [-0.15, -0.1) is 0 Å². The molecule has 0 saturated carbocycles. The Labute approximate surface area is 197 Å². The molecule has 0 aromatic heterocycles. The fraction of sp³-hybridized carbons (Fsp3) is 0.769. The number of aliphatic hydroxyl groups is 6. The Kier molecular flexibility index (Phi) is 30.2. The summed E-state index contributed by atoms with van der Waals surface area (Å²) in [5, 5.41) is 52.2. The first-order valence-electron chi connectivity index (χ1n) is 12.0. The highest BCUT2D eigenvalue weighted by atomic mass is 16.3.